The predicted octanol–water partition coefficient (Wildman–Crippen LogP) is 3.31. The van der Waals surface area contributed by atoms with Crippen molar-refractivity contribution in [2.75, 3.05) is 11.9 Å². The van der Waals surface area contributed by atoms with E-state index in [1.165, 1.54) is 10.7 Å². The van der Waals surface area contributed by atoms with Crippen molar-refractivity contribution in [2.45, 2.75) is 6.18 Å². The van der Waals surface area contributed by atoms with Crippen molar-refractivity contribution in [3.05, 3.63) is 48.9 Å². The Kier molecular flexibility index (Phi) is 3.48. The summed E-state index contributed by atoms with van der Waals surface area (Å²) in [5.74, 6) is -0.0948. The summed E-state index contributed by atoms with van der Waals surface area (Å²) in [5.41, 5.74) is 3.68. The Morgan fingerprint density at radius 2 is 1.92 bits per heavy atom. The summed E-state index contributed by atoms with van der Waals surface area (Å²) in [5, 5.41) is 6.20. The number of rotatable bonds is 3. The zero-order valence-corrected chi connectivity index (χ0v) is 12.7. The minimum Gasteiger partial charge on any atom is -0.344 e. The summed E-state index contributed by atoms with van der Waals surface area (Å²) in [4.78, 5) is 12.7. The van der Waals surface area contributed by atoms with Gasteiger partial charge in [-0.2, -0.15) is 13.2 Å². The lowest BCUT2D eigenvalue weighted by Crippen LogP contribution is -2.22. The summed E-state index contributed by atoms with van der Waals surface area (Å²) >= 11 is 0. The molecule has 0 aliphatic carbocycles. The van der Waals surface area contributed by atoms with Gasteiger partial charge in [0.05, 0.1) is 28.4 Å². The smallest absolute Gasteiger partial charge is 0.344 e. The largest absolute Gasteiger partial charge is 0.405 e. The molecule has 4 aromatic heterocycles. The molecule has 0 saturated heterocycles. The molecule has 0 amide bonds. The first-order chi connectivity index (χ1) is 12.0. The molecule has 0 aromatic carbocycles. The number of alkyl halides is 3. The van der Waals surface area contributed by atoms with Gasteiger partial charge in [0, 0.05) is 18.0 Å². The Balaban J connectivity index is 1.70. The molecule has 6 nitrogen and oxygen atoms in total. The van der Waals surface area contributed by atoms with E-state index in [0.717, 1.165) is 16.6 Å². The number of nitrogens with one attached hydrogen (secondary N) is 1. The van der Waals surface area contributed by atoms with E-state index in [1.807, 2.05) is 18.2 Å². The van der Waals surface area contributed by atoms with Crippen molar-refractivity contribution in [1.29, 1.82) is 0 Å². The fraction of sp³-hybridized carbons (Fsp3) is 0.125. The van der Waals surface area contributed by atoms with Gasteiger partial charge in [0.2, 0.25) is 5.95 Å². The van der Waals surface area contributed by atoms with E-state index in [2.05, 4.69) is 25.4 Å². The first kappa shape index (κ1) is 15.3. The van der Waals surface area contributed by atoms with Crippen molar-refractivity contribution in [1.82, 2.24) is 24.6 Å². The molecule has 4 heterocycles. The number of hydrogen-bond acceptors (Lipinski definition) is 5. The Labute approximate surface area is 139 Å². The quantitative estimate of drug-likeness (QED) is 0.617. The summed E-state index contributed by atoms with van der Waals surface area (Å²) in [6.45, 7) is -1.19. The SMILES string of the molecule is FC(F)(F)CNc1ncc2c(-c3ccc4ncccc4n3)ccn2n1. The van der Waals surface area contributed by atoms with Gasteiger partial charge in [-0.1, -0.05) is 0 Å². The molecule has 0 aliphatic rings. The van der Waals surface area contributed by atoms with Crippen LogP contribution < -0.4 is 5.32 Å². The molecule has 0 spiro atoms. The second-order valence-corrected chi connectivity index (χ2v) is 5.35. The molecule has 0 unspecified atom stereocenters. The third-order valence-corrected chi connectivity index (χ3v) is 3.60. The Hall–Kier alpha value is -3.23. The van der Waals surface area contributed by atoms with E-state index in [-0.39, 0.29) is 5.95 Å². The molecule has 0 fully saturated rings. The average molecular weight is 344 g/mol. The third kappa shape index (κ3) is 3.08. The van der Waals surface area contributed by atoms with Crippen LogP contribution >= 0.6 is 0 Å². The van der Waals surface area contributed by atoms with E-state index in [4.69, 9.17) is 0 Å². The van der Waals surface area contributed by atoms with Gasteiger partial charge in [0.1, 0.15) is 6.54 Å². The van der Waals surface area contributed by atoms with Gasteiger partial charge in [-0.25, -0.2) is 14.5 Å². The topological polar surface area (TPSA) is 68.0 Å². The number of nitrogens with zero attached hydrogens (tertiary/aromatic N) is 5. The normalized spacial score (nSPS) is 12.0. The third-order valence-electron chi connectivity index (χ3n) is 3.60. The fourth-order valence-electron chi connectivity index (χ4n) is 2.48. The molecule has 0 radical (unpaired) electrons. The van der Waals surface area contributed by atoms with Crippen molar-refractivity contribution < 1.29 is 13.2 Å². The van der Waals surface area contributed by atoms with E-state index in [0.29, 0.717) is 11.2 Å². The monoisotopic (exact) mass is 344 g/mol. The van der Waals surface area contributed by atoms with Crippen LogP contribution in [0.4, 0.5) is 19.1 Å². The highest BCUT2D eigenvalue weighted by Crippen LogP contribution is 2.25. The molecule has 1 N–H and O–H groups in total. The van der Waals surface area contributed by atoms with Crippen LogP contribution in [0, 0.1) is 0 Å². The maximum absolute atomic E-state index is 12.3. The first-order valence-corrected chi connectivity index (χ1v) is 7.37. The number of anilines is 1. The molecule has 126 valence electrons. The molecule has 4 aromatic rings. The van der Waals surface area contributed by atoms with Crippen molar-refractivity contribution in [2.24, 2.45) is 0 Å². The lowest BCUT2D eigenvalue weighted by atomic mass is 10.1. The molecule has 9 heteroatoms. The summed E-state index contributed by atoms with van der Waals surface area (Å²) in [6.07, 6.45) is 0.486. The molecular formula is C16H11F3N6. The van der Waals surface area contributed by atoms with Crippen LogP contribution in [-0.4, -0.2) is 37.3 Å². The van der Waals surface area contributed by atoms with Crippen LogP contribution in [0.2, 0.25) is 0 Å². The van der Waals surface area contributed by atoms with Crippen LogP contribution in [0.25, 0.3) is 27.8 Å². The van der Waals surface area contributed by atoms with E-state index in [1.54, 1.807) is 24.5 Å². The number of fused-ring (bicyclic) bond motifs is 2. The maximum Gasteiger partial charge on any atom is 0.405 e. The Morgan fingerprint density at radius 1 is 1.04 bits per heavy atom. The summed E-state index contributed by atoms with van der Waals surface area (Å²) < 4.78 is 38.3. The Bertz CT molecular complexity index is 1060. The van der Waals surface area contributed by atoms with Crippen molar-refractivity contribution in [3.63, 3.8) is 0 Å². The van der Waals surface area contributed by atoms with Crippen LogP contribution in [0.15, 0.2) is 48.9 Å². The molecule has 25 heavy (non-hydrogen) atoms. The van der Waals surface area contributed by atoms with Crippen molar-refractivity contribution >= 4 is 22.5 Å². The van der Waals surface area contributed by atoms with Gasteiger partial charge in [0.25, 0.3) is 0 Å². The number of aromatic nitrogens is 5. The summed E-state index contributed by atoms with van der Waals surface area (Å²) in [6, 6.07) is 9.16. The number of halogens is 3. The van der Waals surface area contributed by atoms with E-state index < -0.39 is 12.7 Å². The predicted molar refractivity (Wildman–Crippen MR) is 86.1 cm³/mol. The molecule has 0 saturated carbocycles. The van der Waals surface area contributed by atoms with Crippen LogP contribution in [-0.2, 0) is 0 Å². The highest BCUT2D eigenvalue weighted by molar-refractivity contribution is 5.83. The van der Waals surface area contributed by atoms with Gasteiger partial charge in [-0.3, -0.25) is 4.98 Å². The lowest BCUT2D eigenvalue weighted by Gasteiger charge is -2.08. The number of pyridine rings is 2. The molecule has 4 rings (SSSR count). The highest BCUT2D eigenvalue weighted by Gasteiger charge is 2.27. The zero-order chi connectivity index (χ0) is 17.4. The molecule has 0 aliphatic heterocycles. The summed E-state index contributed by atoms with van der Waals surface area (Å²) in [7, 11) is 0. The van der Waals surface area contributed by atoms with Gasteiger partial charge < -0.3 is 5.32 Å². The van der Waals surface area contributed by atoms with Gasteiger partial charge in [-0.15, -0.1) is 5.10 Å². The molecular weight excluding hydrogens is 333 g/mol. The van der Waals surface area contributed by atoms with Crippen LogP contribution in [0.5, 0.6) is 0 Å². The first-order valence-electron chi connectivity index (χ1n) is 7.37. The minimum absolute atomic E-state index is 0.0948. The van der Waals surface area contributed by atoms with E-state index >= 15 is 0 Å². The second-order valence-electron chi connectivity index (χ2n) is 5.35. The fourth-order valence-corrected chi connectivity index (χ4v) is 2.48. The highest BCUT2D eigenvalue weighted by atomic mass is 19.4. The van der Waals surface area contributed by atoms with Gasteiger partial charge >= 0.3 is 6.18 Å². The zero-order valence-electron chi connectivity index (χ0n) is 12.7. The second kappa shape index (κ2) is 5.69. The van der Waals surface area contributed by atoms with Crippen LogP contribution in [0.1, 0.15) is 0 Å². The standard InChI is InChI=1S/C16H11F3N6/c17-16(18,19)9-22-15-21-8-14-10(5-7-25(14)24-15)11-3-4-12-13(23-11)2-1-6-20-12/h1-8H,9H2,(H,22,24). The molecule has 0 atom stereocenters. The average Bonchev–Trinajstić information content (AvgIpc) is 3.02. The Morgan fingerprint density at radius 3 is 2.76 bits per heavy atom. The van der Waals surface area contributed by atoms with E-state index in [9.17, 15) is 13.2 Å². The minimum atomic E-state index is -4.33. The van der Waals surface area contributed by atoms with Crippen molar-refractivity contribution in [3.8, 4) is 11.3 Å². The lowest BCUT2D eigenvalue weighted by molar-refractivity contribution is -0.115. The van der Waals surface area contributed by atoms with Crippen LogP contribution in [0.3, 0.4) is 0 Å². The van der Waals surface area contributed by atoms with Gasteiger partial charge in [0.15, 0.2) is 0 Å². The number of hydrogen-bond donors (Lipinski definition) is 1. The van der Waals surface area contributed by atoms with Gasteiger partial charge in [-0.05, 0) is 30.3 Å². The molecule has 0 bridgehead atoms. The maximum atomic E-state index is 12.3.